The Morgan fingerprint density at radius 2 is 2.00 bits per heavy atom. The molecule has 0 aliphatic carbocycles. The Morgan fingerprint density at radius 3 is 2.68 bits per heavy atom. The molecular weight excluding hydrogens is 240 g/mol. The molecular formula is C15H24N2O2. The van der Waals surface area contributed by atoms with E-state index in [1.54, 1.807) is 25.3 Å². The first-order valence-electron chi connectivity index (χ1n) is 6.90. The molecule has 0 unspecified atom stereocenters. The molecule has 0 fully saturated rings. The van der Waals surface area contributed by atoms with Crippen molar-refractivity contribution >= 4 is 17.3 Å². The number of ether oxygens (including phenoxy) is 1. The van der Waals surface area contributed by atoms with Crippen molar-refractivity contribution in [2.45, 2.75) is 45.4 Å². The van der Waals surface area contributed by atoms with Gasteiger partial charge in [0.2, 0.25) is 5.91 Å². The molecule has 0 saturated heterocycles. The van der Waals surface area contributed by atoms with Crippen LogP contribution in [0.5, 0.6) is 5.75 Å². The maximum atomic E-state index is 11.8. The van der Waals surface area contributed by atoms with E-state index in [1.165, 1.54) is 19.3 Å². The Morgan fingerprint density at radius 1 is 1.26 bits per heavy atom. The predicted molar refractivity (Wildman–Crippen MR) is 79.4 cm³/mol. The number of nitrogens with two attached hydrogens (primary N) is 1. The fourth-order valence-electron chi connectivity index (χ4n) is 1.91. The first-order chi connectivity index (χ1) is 9.17. The smallest absolute Gasteiger partial charge is 0.224 e. The van der Waals surface area contributed by atoms with Crippen molar-refractivity contribution in [3.8, 4) is 5.75 Å². The molecule has 106 valence electrons. The van der Waals surface area contributed by atoms with E-state index in [4.69, 9.17) is 10.5 Å². The van der Waals surface area contributed by atoms with E-state index >= 15 is 0 Å². The topological polar surface area (TPSA) is 64.4 Å². The SMILES string of the molecule is CCCCCCCC(=O)Nc1ccc(N)cc1OC. The minimum absolute atomic E-state index is 0.0274. The zero-order valence-corrected chi connectivity index (χ0v) is 11.9. The Kier molecular flexibility index (Phi) is 6.79. The summed E-state index contributed by atoms with van der Waals surface area (Å²) in [6.07, 6.45) is 6.26. The summed E-state index contributed by atoms with van der Waals surface area (Å²) >= 11 is 0. The molecule has 0 heterocycles. The van der Waals surface area contributed by atoms with Crippen LogP contribution in [0.3, 0.4) is 0 Å². The lowest BCUT2D eigenvalue weighted by molar-refractivity contribution is -0.116. The van der Waals surface area contributed by atoms with Gasteiger partial charge in [-0.25, -0.2) is 0 Å². The number of nitrogen functional groups attached to an aromatic ring is 1. The van der Waals surface area contributed by atoms with Crippen LogP contribution >= 0.6 is 0 Å². The summed E-state index contributed by atoms with van der Waals surface area (Å²) < 4.78 is 5.19. The van der Waals surface area contributed by atoms with E-state index in [9.17, 15) is 4.79 Å². The number of hydrogen-bond donors (Lipinski definition) is 2. The monoisotopic (exact) mass is 264 g/mol. The molecule has 1 amide bonds. The highest BCUT2D eigenvalue weighted by atomic mass is 16.5. The van der Waals surface area contributed by atoms with E-state index in [-0.39, 0.29) is 5.91 Å². The van der Waals surface area contributed by atoms with Crippen LogP contribution in [0.1, 0.15) is 45.4 Å². The minimum Gasteiger partial charge on any atom is -0.494 e. The van der Waals surface area contributed by atoms with Gasteiger partial charge < -0.3 is 15.8 Å². The molecule has 1 rings (SSSR count). The maximum Gasteiger partial charge on any atom is 0.224 e. The van der Waals surface area contributed by atoms with E-state index in [0.717, 1.165) is 12.8 Å². The first-order valence-corrected chi connectivity index (χ1v) is 6.90. The van der Waals surface area contributed by atoms with E-state index in [0.29, 0.717) is 23.5 Å². The third-order valence-electron chi connectivity index (χ3n) is 3.01. The van der Waals surface area contributed by atoms with Gasteiger partial charge in [0.15, 0.2) is 0 Å². The number of benzene rings is 1. The molecule has 1 aromatic carbocycles. The van der Waals surface area contributed by atoms with Crippen LogP contribution in [0.2, 0.25) is 0 Å². The molecule has 4 nitrogen and oxygen atoms in total. The maximum absolute atomic E-state index is 11.8. The van der Waals surface area contributed by atoms with Crippen molar-refractivity contribution in [3.63, 3.8) is 0 Å². The number of rotatable bonds is 8. The fourth-order valence-corrected chi connectivity index (χ4v) is 1.91. The molecule has 0 bridgehead atoms. The van der Waals surface area contributed by atoms with Crippen LogP contribution in [-0.4, -0.2) is 13.0 Å². The van der Waals surface area contributed by atoms with Gasteiger partial charge in [0.05, 0.1) is 12.8 Å². The van der Waals surface area contributed by atoms with Crippen LogP contribution in [0.4, 0.5) is 11.4 Å². The highest BCUT2D eigenvalue weighted by molar-refractivity contribution is 5.92. The Bertz CT molecular complexity index is 405. The van der Waals surface area contributed by atoms with Gasteiger partial charge in [0.25, 0.3) is 0 Å². The van der Waals surface area contributed by atoms with Crippen LogP contribution in [0.15, 0.2) is 18.2 Å². The van der Waals surface area contributed by atoms with Gasteiger partial charge in [-0.2, -0.15) is 0 Å². The second-order valence-corrected chi connectivity index (χ2v) is 4.67. The lowest BCUT2D eigenvalue weighted by atomic mass is 10.1. The lowest BCUT2D eigenvalue weighted by Gasteiger charge is -2.10. The molecule has 0 aliphatic heterocycles. The Hall–Kier alpha value is -1.71. The number of methoxy groups -OCH3 is 1. The van der Waals surface area contributed by atoms with Crippen LogP contribution in [0.25, 0.3) is 0 Å². The van der Waals surface area contributed by atoms with Crippen LogP contribution in [0, 0.1) is 0 Å². The zero-order valence-electron chi connectivity index (χ0n) is 11.9. The molecule has 0 aromatic heterocycles. The third kappa shape index (κ3) is 5.64. The fraction of sp³-hybridized carbons (Fsp3) is 0.533. The van der Waals surface area contributed by atoms with Crippen molar-refractivity contribution in [3.05, 3.63) is 18.2 Å². The van der Waals surface area contributed by atoms with E-state index in [2.05, 4.69) is 12.2 Å². The van der Waals surface area contributed by atoms with Crippen LogP contribution in [-0.2, 0) is 4.79 Å². The highest BCUT2D eigenvalue weighted by Crippen LogP contribution is 2.26. The second-order valence-electron chi connectivity index (χ2n) is 4.67. The minimum atomic E-state index is 0.0274. The molecule has 0 spiro atoms. The summed E-state index contributed by atoms with van der Waals surface area (Å²) in [5.74, 6) is 0.624. The zero-order chi connectivity index (χ0) is 14.1. The highest BCUT2D eigenvalue weighted by Gasteiger charge is 2.07. The normalized spacial score (nSPS) is 10.2. The number of hydrogen-bond acceptors (Lipinski definition) is 3. The summed E-state index contributed by atoms with van der Waals surface area (Å²) in [6.45, 7) is 2.18. The molecule has 4 heteroatoms. The molecule has 0 atom stereocenters. The molecule has 3 N–H and O–H groups in total. The molecule has 0 saturated carbocycles. The average Bonchev–Trinajstić information content (AvgIpc) is 2.40. The van der Waals surface area contributed by atoms with Crippen molar-refractivity contribution in [1.82, 2.24) is 0 Å². The van der Waals surface area contributed by atoms with Crippen molar-refractivity contribution in [2.75, 3.05) is 18.2 Å². The van der Waals surface area contributed by atoms with Gasteiger partial charge >= 0.3 is 0 Å². The number of nitrogens with one attached hydrogen (secondary N) is 1. The van der Waals surface area contributed by atoms with Gasteiger partial charge in [-0.1, -0.05) is 32.6 Å². The standard InChI is InChI=1S/C15H24N2O2/c1-3-4-5-6-7-8-15(18)17-13-10-9-12(16)11-14(13)19-2/h9-11H,3-8,16H2,1-2H3,(H,17,18). The average molecular weight is 264 g/mol. The molecule has 1 aromatic rings. The van der Waals surface area contributed by atoms with Gasteiger partial charge in [-0.05, 0) is 18.6 Å². The summed E-state index contributed by atoms with van der Waals surface area (Å²) in [6, 6.07) is 5.22. The second kappa shape index (κ2) is 8.40. The van der Waals surface area contributed by atoms with Gasteiger partial charge in [-0.3, -0.25) is 4.79 Å². The number of amides is 1. The van der Waals surface area contributed by atoms with E-state index in [1.807, 2.05) is 0 Å². The summed E-state index contributed by atoms with van der Waals surface area (Å²) in [4.78, 5) is 11.8. The van der Waals surface area contributed by atoms with E-state index < -0.39 is 0 Å². The van der Waals surface area contributed by atoms with Gasteiger partial charge in [0, 0.05) is 18.2 Å². The lowest BCUT2D eigenvalue weighted by Crippen LogP contribution is -2.12. The number of anilines is 2. The number of carbonyl (C=O) groups is 1. The van der Waals surface area contributed by atoms with Gasteiger partial charge in [0.1, 0.15) is 5.75 Å². The van der Waals surface area contributed by atoms with Crippen molar-refractivity contribution < 1.29 is 9.53 Å². The van der Waals surface area contributed by atoms with Crippen LogP contribution < -0.4 is 15.8 Å². The quantitative estimate of drug-likeness (QED) is 0.557. The summed E-state index contributed by atoms with van der Waals surface area (Å²) in [7, 11) is 1.56. The predicted octanol–water partition coefficient (Wildman–Crippen LogP) is 3.58. The van der Waals surface area contributed by atoms with Gasteiger partial charge in [-0.15, -0.1) is 0 Å². The number of unbranched alkanes of at least 4 members (excludes halogenated alkanes) is 4. The van der Waals surface area contributed by atoms with Crippen molar-refractivity contribution in [2.24, 2.45) is 0 Å². The molecule has 19 heavy (non-hydrogen) atoms. The van der Waals surface area contributed by atoms with Crippen molar-refractivity contribution in [1.29, 1.82) is 0 Å². The molecule has 0 radical (unpaired) electrons. The first kappa shape index (κ1) is 15.3. The summed E-state index contributed by atoms with van der Waals surface area (Å²) in [5.41, 5.74) is 6.96. The Labute approximate surface area is 115 Å². The third-order valence-corrected chi connectivity index (χ3v) is 3.01. The summed E-state index contributed by atoms with van der Waals surface area (Å²) in [5, 5.41) is 2.86. The Balaban J connectivity index is 2.39. The number of carbonyl (C=O) groups excluding carboxylic acids is 1. The largest absolute Gasteiger partial charge is 0.494 e. The molecule has 0 aliphatic rings.